The molecule has 1 spiro atoms. The molecular formula is C35H46O11. The van der Waals surface area contributed by atoms with Gasteiger partial charge in [-0.3, -0.25) is 9.59 Å². The van der Waals surface area contributed by atoms with Gasteiger partial charge in [0.25, 0.3) is 0 Å². The molecule has 46 heavy (non-hydrogen) atoms. The fourth-order valence-electron chi connectivity index (χ4n) is 9.12. The summed E-state index contributed by atoms with van der Waals surface area (Å²) in [5.41, 5.74) is -6.82. The van der Waals surface area contributed by atoms with Gasteiger partial charge in [0.2, 0.25) is 5.78 Å². The molecule has 3 aliphatic heterocycles. The highest BCUT2D eigenvalue weighted by Crippen LogP contribution is 2.72. The zero-order chi connectivity index (χ0) is 34.2. The molecule has 0 aromatic heterocycles. The number of carboxylic acids is 1. The Morgan fingerprint density at radius 2 is 1.78 bits per heavy atom. The average Bonchev–Trinajstić information content (AvgIpc) is 3.27. The van der Waals surface area contributed by atoms with Crippen LogP contribution in [0.1, 0.15) is 96.1 Å². The van der Waals surface area contributed by atoms with Crippen molar-refractivity contribution in [3.05, 3.63) is 28.3 Å². The lowest BCUT2D eigenvalue weighted by atomic mass is 9.44. The normalized spacial score (nSPS) is 36.5. The van der Waals surface area contributed by atoms with Crippen LogP contribution in [-0.2, 0) is 35.6 Å². The minimum Gasteiger partial charge on any atom is -0.507 e. The summed E-state index contributed by atoms with van der Waals surface area (Å²) in [5, 5.41) is 32.2. The van der Waals surface area contributed by atoms with Crippen LogP contribution in [0.2, 0.25) is 0 Å². The van der Waals surface area contributed by atoms with Crippen LogP contribution in [0.3, 0.4) is 0 Å². The van der Waals surface area contributed by atoms with Crippen LogP contribution in [0, 0.1) is 11.8 Å². The van der Waals surface area contributed by atoms with E-state index in [2.05, 4.69) is 0 Å². The topological polar surface area (TPSA) is 158 Å². The molecule has 7 rings (SSSR count). The summed E-state index contributed by atoms with van der Waals surface area (Å²) in [7, 11) is 2.82. The number of aliphatic carboxylic acids is 1. The number of hydrogen-bond acceptors (Lipinski definition) is 10. The van der Waals surface area contributed by atoms with E-state index in [0.717, 1.165) is 0 Å². The first-order chi connectivity index (χ1) is 21.2. The predicted molar refractivity (Wildman–Crippen MR) is 165 cm³/mol. The number of aliphatic hydroxyl groups is 1. The predicted octanol–water partition coefficient (Wildman–Crippen LogP) is 4.06. The summed E-state index contributed by atoms with van der Waals surface area (Å²) < 4.78 is 32.5. The molecule has 11 nitrogen and oxygen atoms in total. The van der Waals surface area contributed by atoms with Gasteiger partial charge in [0.15, 0.2) is 22.6 Å². The van der Waals surface area contributed by atoms with E-state index < -0.39 is 68.9 Å². The van der Waals surface area contributed by atoms with Crippen LogP contribution in [0.25, 0.3) is 0 Å². The van der Waals surface area contributed by atoms with Crippen molar-refractivity contribution in [1.82, 2.24) is 0 Å². The highest BCUT2D eigenvalue weighted by molar-refractivity contribution is 6.11. The molecule has 3 aliphatic carbocycles. The van der Waals surface area contributed by atoms with E-state index in [-0.39, 0.29) is 54.4 Å². The summed E-state index contributed by atoms with van der Waals surface area (Å²) in [6.45, 7) is 14.3. The molecule has 4 fully saturated rings. The van der Waals surface area contributed by atoms with Crippen molar-refractivity contribution in [2.24, 2.45) is 11.8 Å². The number of phenols is 1. The number of methoxy groups -OCH3 is 2. The SMILES string of the molecule is CO[C@H]1[C@@H]2C(=O)c3c(O)c(CCC(C)(C)O)c4c(c3O[C@]23[C@@H]2C[C@@]1(OC)C(=O)[C@@]3(C/C=C(/C)C(=O)O)OC2(C)C)C(C)(C)[C@H](C)O4. The number of aromatic hydroxyl groups is 1. The van der Waals surface area contributed by atoms with Crippen molar-refractivity contribution < 1.29 is 53.4 Å². The number of rotatable bonds is 8. The summed E-state index contributed by atoms with van der Waals surface area (Å²) in [4.78, 5) is 42.0. The van der Waals surface area contributed by atoms with Gasteiger partial charge in [-0.25, -0.2) is 4.79 Å². The number of phenolic OH excluding ortho intramolecular Hbond substituents is 1. The van der Waals surface area contributed by atoms with Crippen molar-refractivity contribution >= 4 is 17.5 Å². The molecule has 4 bridgehead atoms. The van der Waals surface area contributed by atoms with E-state index in [9.17, 15) is 24.9 Å². The van der Waals surface area contributed by atoms with Gasteiger partial charge in [0.05, 0.1) is 17.1 Å². The summed E-state index contributed by atoms with van der Waals surface area (Å²) in [6, 6.07) is 0. The van der Waals surface area contributed by atoms with Crippen molar-refractivity contribution in [2.45, 2.75) is 127 Å². The Morgan fingerprint density at radius 3 is 2.35 bits per heavy atom. The zero-order valence-electron chi connectivity index (χ0n) is 28.3. The minimum absolute atomic E-state index is 0.0112. The maximum atomic E-state index is 15.2. The summed E-state index contributed by atoms with van der Waals surface area (Å²) in [5.74, 6) is -3.57. The standard InChI is InChI=1S/C35H46O11/c1-16(28(38)39)11-14-34-29(40)33(43-10)15-19(32(7,8)46-34)35(34)21(27(33)42-9)24(37)20-23(36)18(12-13-30(3,4)41)25-22(26(20)45-35)31(5,6)17(2)44-25/h11,17,19,21,27,36,41H,12-15H2,1-10H3,(H,38,39)/b16-11-/t17-,19+,21-,27-,33-,34+,35+/m0/s1. The summed E-state index contributed by atoms with van der Waals surface area (Å²) >= 11 is 0. The number of carbonyl (C=O) groups excluding carboxylic acids is 2. The third kappa shape index (κ3) is 3.82. The molecule has 3 N–H and O–H groups in total. The molecule has 252 valence electrons. The molecule has 3 heterocycles. The minimum atomic E-state index is -1.82. The Hall–Kier alpha value is -2.99. The number of Topliss-reactive ketones (excluding diaryl/α,β-unsaturated/α-hetero) is 2. The van der Waals surface area contributed by atoms with E-state index in [1.54, 1.807) is 13.8 Å². The maximum Gasteiger partial charge on any atom is 0.330 e. The third-order valence-corrected chi connectivity index (χ3v) is 11.8. The number of fused-ring (bicyclic) bond motifs is 3. The quantitative estimate of drug-likeness (QED) is 0.351. The monoisotopic (exact) mass is 642 g/mol. The smallest absolute Gasteiger partial charge is 0.330 e. The third-order valence-electron chi connectivity index (χ3n) is 11.8. The van der Waals surface area contributed by atoms with Gasteiger partial charge in [-0.1, -0.05) is 19.9 Å². The molecule has 0 unspecified atom stereocenters. The van der Waals surface area contributed by atoms with E-state index in [4.69, 9.17) is 23.7 Å². The Bertz CT molecular complexity index is 1580. The lowest BCUT2D eigenvalue weighted by Gasteiger charge is -2.65. The highest BCUT2D eigenvalue weighted by atomic mass is 16.6. The Morgan fingerprint density at radius 1 is 1.13 bits per heavy atom. The van der Waals surface area contributed by atoms with E-state index in [1.807, 2.05) is 34.6 Å². The number of hydrogen-bond donors (Lipinski definition) is 3. The number of ketones is 2. The zero-order valence-corrected chi connectivity index (χ0v) is 28.3. The number of carbonyl (C=O) groups is 3. The van der Waals surface area contributed by atoms with Crippen LogP contribution in [0.4, 0.5) is 0 Å². The van der Waals surface area contributed by atoms with Crippen LogP contribution >= 0.6 is 0 Å². The Kier molecular flexibility index (Phi) is 7.00. The van der Waals surface area contributed by atoms with Crippen LogP contribution in [0.5, 0.6) is 17.2 Å². The largest absolute Gasteiger partial charge is 0.507 e. The molecule has 0 radical (unpaired) electrons. The molecule has 0 amide bonds. The average molecular weight is 643 g/mol. The van der Waals surface area contributed by atoms with Crippen molar-refractivity contribution in [3.8, 4) is 17.2 Å². The second kappa shape index (κ2) is 9.78. The van der Waals surface area contributed by atoms with Crippen molar-refractivity contribution in [3.63, 3.8) is 0 Å². The first-order valence-corrected chi connectivity index (χ1v) is 16.0. The van der Waals surface area contributed by atoms with Crippen LogP contribution in [-0.4, -0.2) is 87.3 Å². The lowest BCUT2D eigenvalue weighted by Crippen LogP contribution is -2.86. The summed E-state index contributed by atoms with van der Waals surface area (Å²) in [6.07, 6.45) is 0.464. The number of carboxylic acid groups (broad SMARTS) is 1. The van der Waals surface area contributed by atoms with Gasteiger partial charge in [-0.15, -0.1) is 0 Å². The van der Waals surface area contributed by atoms with Crippen LogP contribution < -0.4 is 9.47 Å². The van der Waals surface area contributed by atoms with E-state index in [0.29, 0.717) is 16.9 Å². The fourth-order valence-corrected chi connectivity index (χ4v) is 9.12. The molecule has 11 heteroatoms. The molecule has 1 saturated heterocycles. The number of benzene rings is 1. The Balaban J connectivity index is 1.69. The molecule has 1 aromatic carbocycles. The number of ether oxygens (including phenoxy) is 5. The van der Waals surface area contributed by atoms with Gasteiger partial charge in [-0.2, -0.15) is 0 Å². The Labute approximate surface area is 269 Å². The molecule has 7 atom stereocenters. The van der Waals surface area contributed by atoms with Gasteiger partial charge < -0.3 is 39.0 Å². The second-order valence-electron chi connectivity index (χ2n) is 15.5. The van der Waals surface area contributed by atoms with E-state index in [1.165, 1.54) is 27.2 Å². The highest BCUT2D eigenvalue weighted by Gasteiger charge is 2.90. The first kappa shape index (κ1) is 32.9. The molecule has 3 saturated carbocycles. The maximum absolute atomic E-state index is 15.2. The first-order valence-electron chi connectivity index (χ1n) is 16.0. The van der Waals surface area contributed by atoms with E-state index >= 15 is 4.79 Å². The van der Waals surface area contributed by atoms with Crippen LogP contribution in [0.15, 0.2) is 11.6 Å². The molecule has 1 aromatic rings. The van der Waals surface area contributed by atoms with Crippen molar-refractivity contribution in [2.75, 3.05) is 14.2 Å². The van der Waals surface area contributed by atoms with Gasteiger partial charge in [0, 0.05) is 48.7 Å². The molecule has 6 aliphatic rings. The van der Waals surface area contributed by atoms with Gasteiger partial charge >= 0.3 is 5.97 Å². The lowest BCUT2D eigenvalue weighted by molar-refractivity contribution is -0.267. The van der Waals surface area contributed by atoms with Crippen molar-refractivity contribution in [1.29, 1.82) is 0 Å². The van der Waals surface area contributed by atoms with Gasteiger partial charge in [0.1, 0.15) is 35.0 Å². The van der Waals surface area contributed by atoms with Gasteiger partial charge in [-0.05, 0) is 60.8 Å². The second-order valence-corrected chi connectivity index (χ2v) is 15.5. The fraction of sp³-hybridized carbons (Fsp3) is 0.686. The molecular weight excluding hydrogens is 596 g/mol.